The van der Waals surface area contributed by atoms with E-state index in [4.69, 9.17) is 4.74 Å². The number of ether oxygens (including phenoxy) is 2. The molecule has 0 spiro atoms. The summed E-state index contributed by atoms with van der Waals surface area (Å²) < 4.78 is 47.7. The highest BCUT2D eigenvalue weighted by Gasteiger charge is 2.53. The van der Waals surface area contributed by atoms with Crippen LogP contribution in [0.3, 0.4) is 0 Å². The van der Waals surface area contributed by atoms with Gasteiger partial charge in [0.15, 0.2) is 0 Å². The third-order valence-corrected chi connectivity index (χ3v) is 5.81. The Kier molecular flexibility index (Phi) is 4.62. The van der Waals surface area contributed by atoms with Gasteiger partial charge < -0.3 is 9.47 Å². The van der Waals surface area contributed by atoms with E-state index in [1.807, 2.05) is 0 Å². The second-order valence-corrected chi connectivity index (χ2v) is 7.96. The van der Waals surface area contributed by atoms with E-state index in [1.165, 1.54) is 19.3 Å². The van der Waals surface area contributed by atoms with Crippen molar-refractivity contribution in [1.29, 1.82) is 0 Å². The number of carbonyl (C=O) groups is 2. The Morgan fingerprint density at radius 2 is 1.60 bits per heavy atom. The van der Waals surface area contributed by atoms with Gasteiger partial charge in [-0.15, -0.1) is 0 Å². The fraction of sp³-hybridized carbons (Fsp3) is 0.778. The van der Waals surface area contributed by atoms with Crippen LogP contribution in [-0.4, -0.2) is 30.3 Å². The van der Waals surface area contributed by atoms with Crippen molar-refractivity contribution in [2.24, 2.45) is 23.7 Å². The van der Waals surface area contributed by atoms with Gasteiger partial charge in [0.2, 0.25) is 0 Å². The zero-order valence-corrected chi connectivity index (χ0v) is 14.2. The molecule has 0 amide bonds. The Labute approximate surface area is 144 Å². The molecule has 0 saturated heterocycles. The lowest BCUT2D eigenvalue weighted by atomic mass is 9.54. The predicted octanol–water partition coefficient (Wildman–Crippen LogP) is 3.80. The minimum atomic E-state index is -4.67. The second-order valence-electron chi connectivity index (χ2n) is 7.96. The van der Waals surface area contributed by atoms with Crippen LogP contribution in [0.15, 0.2) is 12.2 Å². The summed E-state index contributed by atoms with van der Waals surface area (Å²) >= 11 is 0. The first kappa shape index (κ1) is 18.3. The molecule has 0 aromatic carbocycles. The van der Waals surface area contributed by atoms with Crippen molar-refractivity contribution in [2.45, 2.75) is 57.2 Å². The molecule has 7 heteroatoms. The molecule has 4 fully saturated rings. The van der Waals surface area contributed by atoms with Gasteiger partial charge in [-0.2, -0.15) is 13.2 Å². The molecule has 0 aromatic heterocycles. The third kappa shape index (κ3) is 3.85. The molecule has 4 saturated carbocycles. The Hall–Kier alpha value is -1.53. The highest BCUT2D eigenvalue weighted by molar-refractivity contribution is 5.89. The smallest absolute Gasteiger partial charge is 0.401 e. The maximum atomic E-state index is 12.5. The van der Waals surface area contributed by atoms with Crippen LogP contribution in [0.2, 0.25) is 0 Å². The van der Waals surface area contributed by atoms with Gasteiger partial charge in [0, 0.05) is 0 Å². The monoisotopic (exact) mass is 360 g/mol. The number of alkyl halides is 3. The lowest BCUT2D eigenvalue weighted by Gasteiger charge is -2.55. The van der Waals surface area contributed by atoms with Crippen molar-refractivity contribution in [3.63, 3.8) is 0 Å². The number of esters is 2. The van der Waals surface area contributed by atoms with Crippen LogP contribution in [0, 0.1) is 23.7 Å². The summed E-state index contributed by atoms with van der Waals surface area (Å²) in [4.78, 5) is 23.7. The summed E-state index contributed by atoms with van der Waals surface area (Å²) in [5.41, 5.74) is -0.587. The molecule has 4 aliphatic rings. The van der Waals surface area contributed by atoms with E-state index in [0.29, 0.717) is 17.8 Å². The lowest BCUT2D eigenvalue weighted by Crippen LogP contribution is -2.53. The first-order chi connectivity index (χ1) is 11.6. The molecule has 140 valence electrons. The van der Waals surface area contributed by atoms with E-state index in [0.717, 1.165) is 26.2 Å². The highest BCUT2D eigenvalue weighted by Crippen LogP contribution is 2.57. The van der Waals surface area contributed by atoms with Crippen LogP contribution >= 0.6 is 0 Å². The fourth-order valence-electron chi connectivity index (χ4n) is 4.90. The number of hydrogen-bond donors (Lipinski definition) is 0. The van der Waals surface area contributed by atoms with Gasteiger partial charge in [-0.05, 0) is 63.2 Å². The number of hydrogen-bond acceptors (Lipinski definition) is 4. The summed E-state index contributed by atoms with van der Waals surface area (Å²) in [7, 11) is 0. The van der Waals surface area contributed by atoms with Gasteiger partial charge in [-0.25, -0.2) is 4.79 Å². The zero-order chi connectivity index (χ0) is 18.4. The predicted molar refractivity (Wildman–Crippen MR) is 82.3 cm³/mol. The molecule has 0 heterocycles. The first-order valence-electron chi connectivity index (χ1n) is 8.72. The standard InChI is InChI=1S/C18H23F3O4/c1-10(9-24-16(23)11(2)18(19,20)21)15(22)25-17-6-12-3-13(7-17)5-14(4-12)8-17/h11-14H,1,3-9H2,2H3. The first-order valence-corrected chi connectivity index (χ1v) is 8.72. The highest BCUT2D eigenvalue weighted by atomic mass is 19.4. The van der Waals surface area contributed by atoms with E-state index < -0.39 is 36.2 Å². The summed E-state index contributed by atoms with van der Waals surface area (Å²) in [6.45, 7) is 3.66. The maximum Gasteiger partial charge on any atom is 0.401 e. The molecular formula is C18H23F3O4. The Bertz CT molecular complexity index is 546. The van der Waals surface area contributed by atoms with Gasteiger partial charge in [0.1, 0.15) is 18.1 Å². The lowest BCUT2D eigenvalue weighted by molar-refractivity contribution is -0.193. The Balaban J connectivity index is 1.52. The van der Waals surface area contributed by atoms with Gasteiger partial charge >= 0.3 is 18.1 Å². The quantitative estimate of drug-likeness (QED) is 0.553. The van der Waals surface area contributed by atoms with Crippen molar-refractivity contribution in [3.05, 3.63) is 12.2 Å². The van der Waals surface area contributed by atoms with Crippen molar-refractivity contribution in [1.82, 2.24) is 0 Å². The summed E-state index contributed by atoms with van der Waals surface area (Å²) in [6, 6.07) is 0. The van der Waals surface area contributed by atoms with Crippen LogP contribution in [0.1, 0.15) is 45.4 Å². The molecule has 1 unspecified atom stereocenters. The van der Waals surface area contributed by atoms with Crippen molar-refractivity contribution in [2.75, 3.05) is 6.61 Å². The summed E-state index contributed by atoms with van der Waals surface area (Å²) in [5.74, 6) is -2.54. The second kappa shape index (κ2) is 6.32. The molecule has 25 heavy (non-hydrogen) atoms. The van der Waals surface area contributed by atoms with E-state index in [-0.39, 0.29) is 5.57 Å². The molecule has 4 bridgehead atoms. The molecule has 0 aliphatic heterocycles. The van der Waals surface area contributed by atoms with Crippen LogP contribution in [0.4, 0.5) is 13.2 Å². The molecule has 0 radical (unpaired) electrons. The van der Waals surface area contributed by atoms with E-state index in [2.05, 4.69) is 11.3 Å². The normalized spacial score (nSPS) is 34.5. The van der Waals surface area contributed by atoms with E-state index >= 15 is 0 Å². The largest absolute Gasteiger partial charge is 0.460 e. The van der Waals surface area contributed by atoms with Gasteiger partial charge in [-0.3, -0.25) is 4.79 Å². The van der Waals surface area contributed by atoms with Crippen LogP contribution in [-0.2, 0) is 19.1 Å². The number of halogens is 3. The van der Waals surface area contributed by atoms with Crippen LogP contribution in [0.5, 0.6) is 0 Å². The van der Waals surface area contributed by atoms with Crippen molar-refractivity contribution in [3.8, 4) is 0 Å². The van der Waals surface area contributed by atoms with Crippen LogP contribution < -0.4 is 0 Å². The molecular weight excluding hydrogens is 337 g/mol. The molecule has 0 aromatic rings. The van der Waals surface area contributed by atoms with Gasteiger partial charge in [0.05, 0.1) is 5.57 Å². The maximum absolute atomic E-state index is 12.5. The van der Waals surface area contributed by atoms with Crippen LogP contribution in [0.25, 0.3) is 0 Å². The molecule has 0 N–H and O–H groups in total. The Morgan fingerprint density at radius 1 is 1.12 bits per heavy atom. The topological polar surface area (TPSA) is 52.6 Å². The van der Waals surface area contributed by atoms with E-state index in [9.17, 15) is 22.8 Å². The third-order valence-electron chi connectivity index (χ3n) is 5.81. The zero-order valence-electron chi connectivity index (χ0n) is 14.2. The summed E-state index contributed by atoms with van der Waals surface area (Å²) in [6.07, 6.45) is 1.48. The summed E-state index contributed by atoms with van der Waals surface area (Å²) in [5, 5.41) is 0. The van der Waals surface area contributed by atoms with Gasteiger partial charge in [0.25, 0.3) is 0 Å². The minimum absolute atomic E-state index is 0.126. The molecule has 4 nitrogen and oxygen atoms in total. The number of carbonyl (C=O) groups excluding carboxylic acids is 2. The molecule has 4 aliphatic carbocycles. The average Bonchev–Trinajstić information content (AvgIpc) is 2.48. The average molecular weight is 360 g/mol. The van der Waals surface area contributed by atoms with Crippen molar-refractivity contribution < 1.29 is 32.2 Å². The SMILES string of the molecule is C=C(COC(=O)C(C)C(F)(F)F)C(=O)OC12CC3CC(CC(C3)C1)C2. The fourth-order valence-corrected chi connectivity index (χ4v) is 4.90. The molecule has 1 atom stereocenters. The van der Waals surface area contributed by atoms with Gasteiger partial charge in [-0.1, -0.05) is 6.58 Å². The van der Waals surface area contributed by atoms with Crippen molar-refractivity contribution >= 4 is 11.9 Å². The Morgan fingerprint density at radius 3 is 2.04 bits per heavy atom. The molecule has 4 rings (SSSR count). The minimum Gasteiger partial charge on any atom is -0.460 e. The van der Waals surface area contributed by atoms with E-state index in [1.54, 1.807) is 0 Å². The number of rotatable bonds is 5.